The molecular weight excluding hydrogens is 1660 g/mol. The highest BCUT2D eigenvalue weighted by Crippen LogP contribution is 2.57. The molecule has 0 radical (unpaired) electrons. The van der Waals surface area contributed by atoms with Crippen molar-refractivity contribution in [2.24, 2.45) is 0 Å². The standard InChI is InChI=1S/C42H27N3.C42H26N2O.C42H26N2S/c1-3-12-30(13-4-1)43-36-18-8-7-16-32(36)34-26-28(22-24-37(34)43)29-23-25-38-35(27-29)33-17-11-21-41-42(33)45(38)40-20-10-9-19-39(40)44(41)31-14-5-2-6-15-31;2*1-2-11-27(12-3-1)28-13-8-14-29(25-28)30-23-24-35-34(26-30)32-16-9-20-38-41(32)44(35)37-19-6-5-18-36(37)43(38)39-21-10-17-33-31-15-4-7-22-40(31)45-42(33)39/h1-27H;2*1-26H. The van der Waals surface area contributed by atoms with Crippen LogP contribution >= 0.6 is 11.3 Å². The average Bonchev–Trinajstić information content (AvgIpc) is 1.56. The van der Waals surface area contributed by atoms with Crippen molar-refractivity contribution < 1.29 is 4.42 Å². The Morgan fingerprint density at radius 2 is 0.474 bits per heavy atom. The van der Waals surface area contributed by atoms with Gasteiger partial charge in [-0.05, 0) is 225 Å². The van der Waals surface area contributed by atoms with Crippen LogP contribution in [0, 0.1) is 0 Å². The molecule has 21 aromatic carbocycles. The summed E-state index contributed by atoms with van der Waals surface area (Å²) in [5.41, 5.74) is 39.0. The van der Waals surface area contributed by atoms with Gasteiger partial charge in [-0.2, -0.15) is 0 Å². The largest absolute Gasteiger partial charge is 0.454 e. The summed E-state index contributed by atoms with van der Waals surface area (Å²) < 4.78 is 18.9. The molecule has 8 nitrogen and oxygen atoms in total. The predicted molar refractivity (Wildman–Crippen MR) is 569 cm³/mol. The van der Waals surface area contributed by atoms with Crippen molar-refractivity contribution in [1.82, 2.24) is 18.3 Å². The monoisotopic (exact) mass is 1740 g/mol. The number of rotatable bonds is 9. The van der Waals surface area contributed by atoms with Gasteiger partial charge in [-0.3, -0.25) is 0 Å². The van der Waals surface area contributed by atoms with Gasteiger partial charge >= 0.3 is 0 Å². The summed E-state index contributed by atoms with van der Waals surface area (Å²) in [5.74, 6) is 0. The zero-order chi connectivity index (χ0) is 88.5. The Bertz CT molecular complexity index is 9180. The smallest absolute Gasteiger partial charge is 0.159 e. The van der Waals surface area contributed by atoms with Gasteiger partial charge in [0.15, 0.2) is 5.58 Å². The van der Waals surface area contributed by atoms with Crippen molar-refractivity contribution in [2.45, 2.75) is 0 Å². The Morgan fingerprint density at radius 1 is 0.163 bits per heavy atom. The van der Waals surface area contributed by atoms with Crippen LogP contribution in [0.25, 0.3) is 208 Å². The molecule has 6 aromatic heterocycles. The van der Waals surface area contributed by atoms with E-state index in [0.717, 1.165) is 50.4 Å². The Hall–Kier alpha value is -17.8. The second kappa shape index (κ2) is 30.4. The number of anilines is 9. The summed E-state index contributed by atoms with van der Waals surface area (Å²) in [6, 6.07) is 174. The molecule has 0 aliphatic carbocycles. The van der Waals surface area contributed by atoms with Crippen LogP contribution in [0.2, 0.25) is 0 Å². The van der Waals surface area contributed by atoms with Crippen LogP contribution in [0.1, 0.15) is 0 Å². The van der Waals surface area contributed by atoms with E-state index in [1.54, 1.807) is 0 Å². The number of hydrogen-bond donors (Lipinski definition) is 0. The topological polar surface area (TPSA) is 42.6 Å². The fourth-order valence-corrected chi connectivity index (χ4v) is 23.3. The number of aromatic nitrogens is 4. The summed E-state index contributed by atoms with van der Waals surface area (Å²) in [4.78, 5) is 7.26. The van der Waals surface area contributed by atoms with Crippen molar-refractivity contribution in [3.8, 4) is 78.4 Å². The third-order valence-corrected chi connectivity index (χ3v) is 29.2. The van der Waals surface area contributed by atoms with E-state index in [2.05, 4.69) is 506 Å². The first-order chi connectivity index (χ1) is 67.0. The van der Waals surface area contributed by atoms with Gasteiger partial charge in [-0.1, -0.05) is 309 Å². The van der Waals surface area contributed by atoms with E-state index in [4.69, 9.17) is 4.42 Å². The molecule has 0 N–H and O–H groups in total. The molecular formula is C126H79N7OS. The highest BCUT2D eigenvalue weighted by atomic mass is 32.1. The quantitative estimate of drug-likeness (QED) is 0.144. The molecule has 0 amide bonds. The molecule has 135 heavy (non-hydrogen) atoms. The first kappa shape index (κ1) is 76.1. The van der Waals surface area contributed by atoms with Crippen LogP contribution < -0.4 is 14.7 Å². The second-order valence-corrected chi connectivity index (χ2v) is 36.4. The van der Waals surface area contributed by atoms with Gasteiger partial charge in [0.1, 0.15) is 5.58 Å². The van der Waals surface area contributed by atoms with E-state index < -0.39 is 0 Å². The lowest BCUT2D eigenvalue weighted by Gasteiger charge is -2.33. The zero-order valence-corrected chi connectivity index (χ0v) is 73.9. The third kappa shape index (κ3) is 11.8. The van der Waals surface area contributed by atoms with E-state index in [1.165, 1.54) is 209 Å². The van der Waals surface area contributed by atoms with E-state index in [-0.39, 0.29) is 0 Å². The number of nitrogens with zero attached hydrogens (tertiary/aromatic N) is 7. The van der Waals surface area contributed by atoms with Gasteiger partial charge < -0.3 is 37.4 Å². The van der Waals surface area contributed by atoms with E-state index >= 15 is 0 Å². The molecule has 3 aliphatic heterocycles. The van der Waals surface area contributed by atoms with Crippen molar-refractivity contribution in [3.63, 3.8) is 0 Å². The van der Waals surface area contributed by atoms with Gasteiger partial charge in [-0.25, -0.2) is 0 Å². The lowest BCUT2D eigenvalue weighted by molar-refractivity contribution is 0.669. The minimum Gasteiger partial charge on any atom is -0.454 e. The first-order valence-electron chi connectivity index (χ1n) is 46.2. The summed E-state index contributed by atoms with van der Waals surface area (Å²) in [6.07, 6.45) is 0. The Labute approximate surface area is 781 Å². The van der Waals surface area contributed by atoms with Crippen molar-refractivity contribution in [1.29, 1.82) is 0 Å². The number of furan rings is 1. The minimum absolute atomic E-state index is 0.899. The number of benzene rings is 21. The predicted octanol–water partition coefficient (Wildman–Crippen LogP) is 35.4. The molecule has 0 fully saturated rings. The van der Waals surface area contributed by atoms with Gasteiger partial charge in [0, 0.05) is 80.7 Å². The summed E-state index contributed by atoms with van der Waals surface area (Å²) in [7, 11) is 0. The number of hydrogen-bond acceptors (Lipinski definition) is 5. The molecule has 30 rings (SSSR count). The maximum Gasteiger partial charge on any atom is 0.159 e. The number of para-hydroxylation sites is 14. The third-order valence-electron chi connectivity index (χ3n) is 28.0. The van der Waals surface area contributed by atoms with E-state index in [9.17, 15) is 0 Å². The molecule has 0 atom stereocenters. The maximum atomic E-state index is 6.55. The highest BCUT2D eigenvalue weighted by molar-refractivity contribution is 7.26. The van der Waals surface area contributed by atoms with Gasteiger partial charge in [0.25, 0.3) is 0 Å². The van der Waals surface area contributed by atoms with Crippen LogP contribution in [-0.2, 0) is 0 Å². The van der Waals surface area contributed by atoms with Gasteiger partial charge in [0.2, 0.25) is 0 Å². The lowest BCUT2D eigenvalue weighted by Crippen LogP contribution is -2.18. The summed E-state index contributed by atoms with van der Waals surface area (Å²) >= 11 is 1.88. The highest BCUT2D eigenvalue weighted by Gasteiger charge is 2.35. The molecule has 9 heterocycles. The lowest BCUT2D eigenvalue weighted by atomic mass is 9.98. The molecule has 0 saturated heterocycles. The van der Waals surface area contributed by atoms with E-state index in [0.29, 0.717) is 0 Å². The van der Waals surface area contributed by atoms with Crippen LogP contribution in [0.15, 0.2) is 484 Å². The van der Waals surface area contributed by atoms with Crippen LogP contribution in [-0.4, -0.2) is 18.3 Å². The molecule has 630 valence electrons. The molecule has 0 unspecified atom stereocenters. The molecule has 3 aliphatic rings. The molecule has 0 spiro atoms. The molecule has 0 bridgehead atoms. The van der Waals surface area contributed by atoms with E-state index in [1.807, 2.05) is 17.4 Å². The number of fused-ring (bicyclic) bond motifs is 24. The average molecular weight is 1740 g/mol. The van der Waals surface area contributed by atoms with Crippen LogP contribution in [0.3, 0.4) is 0 Å². The van der Waals surface area contributed by atoms with Crippen molar-refractivity contribution >= 4 is 192 Å². The van der Waals surface area contributed by atoms with Gasteiger partial charge in [0.05, 0.1) is 111 Å². The van der Waals surface area contributed by atoms with Crippen molar-refractivity contribution in [3.05, 3.63) is 479 Å². The minimum atomic E-state index is 0.899. The fraction of sp³-hybridized carbons (Fsp3) is 0. The normalized spacial score (nSPS) is 12.4. The Morgan fingerprint density at radius 3 is 0.978 bits per heavy atom. The summed E-state index contributed by atoms with van der Waals surface area (Å²) in [5, 5.41) is 15.0. The number of thiophene rings is 1. The van der Waals surface area contributed by atoms with Crippen LogP contribution in [0.4, 0.5) is 51.2 Å². The zero-order valence-electron chi connectivity index (χ0n) is 73.1. The maximum absolute atomic E-state index is 6.55. The fourth-order valence-electron chi connectivity index (χ4n) is 22.1. The van der Waals surface area contributed by atoms with Gasteiger partial charge in [-0.15, -0.1) is 11.3 Å². The second-order valence-electron chi connectivity index (χ2n) is 35.3. The summed E-state index contributed by atoms with van der Waals surface area (Å²) in [6.45, 7) is 0. The van der Waals surface area contributed by atoms with Crippen LogP contribution in [0.5, 0.6) is 0 Å². The van der Waals surface area contributed by atoms with Crippen molar-refractivity contribution in [2.75, 3.05) is 14.7 Å². The Balaban J connectivity index is 0.000000101. The first-order valence-corrected chi connectivity index (χ1v) is 47.0. The SMILES string of the molecule is c1ccc(-c2cccc(-c3ccc4c(c3)c3cccc5c3n4-c3ccccc3N5c3cccc4c3oc3ccccc34)c2)cc1.c1ccc(-c2cccc(-c3ccc4c(c3)c3cccc5c3n4-c3ccccc3N5c3cccc4c3sc3ccccc34)c2)cc1.c1ccc(N2c3ccccc3-n3c4ccc(-c5ccc6c(c5)c5ccccc5n6-c5ccccc5)cc4c4cccc2c43)cc1. The Kier molecular flexibility index (Phi) is 17.2. The molecule has 27 aromatic rings. The molecule has 9 heteroatoms. The molecule has 0 saturated carbocycles.